The van der Waals surface area contributed by atoms with Crippen LogP contribution in [-0.2, 0) is 10.2 Å². The Hall–Kier alpha value is -2.32. The van der Waals surface area contributed by atoms with Gasteiger partial charge in [0.05, 0.1) is 17.6 Å². The number of carbonyl (C=O) groups is 1. The predicted molar refractivity (Wildman–Crippen MR) is 101 cm³/mol. The molecule has 3 atom stereocenters. The summed E-state index contributed by atoms with van der Waals surface area (Å²) < 4.78 is 11.6. The van der Waals surface area contributed by atoms with Crippen LogP contribution >= 0.6 is 0 Å². The maximum absolute atomic E-state index is 12.6. The molecule has 0 radical (unpaired) electrons. The highest BCUT2D eigenvalue weighted by Crippen LogP contribution is 2.48. The molecule has 1 amide bonds. The molecule has 2 aromatic rings. The number of ether oxygens (including phenoxy) is 1. The van der Waals surface area contributed by atoms with Crippen molar-refractivity contribution < 1.29 is 14.1 Å². The normalized spacial score (nSPS) is 30.1. The molecule has 0 aromatic carbocycles. The third-order valence-corrected chi connectivity index (χ3v) is 6.42. The van der Waals surface area contributed by atoms with Crippen molar-refractivity contribution in [1.29, 1.82) is 0 Å². The number of aromatic nitrogens is 3. The average Bonchev–Trinajstić information content (AvgIpc) is 3.44. The number of amides is 1. The number of nitrogens with zero attached hydrogens (tertiary/aromatic N) is 5. The van der Waals surface area contributed by atoms with E-state index in [1.54, 1.807) is 12.3 Å². The van der Waals surface area contributed by atoms with Gasteiger partial charge in [-0.2, -0.15) is 4.98 Å². The number of pyridine rings is 1. The number of fused-ring (bicyclic) bond motifs is 2. The number of piperazine rings is 1. The lowest BCUT2D eigenvalue weighted by Gasteiger charge is -2.32. The lowest BCUT2D eigenvalue weighted by molar-refractivity contribution is 0.0658. The second-order valence-corrected chi connectivity index (χ2v) is 8.40. The van der Waals surface area contributed by atoms with Crippen LogP contribution in [0.2, 0.25) is 0 Å². The Morgan fingerprint density at radius 2 is 2.04 bits per heavy atom. The molecule has 0 aliphatic carbocycles. The smallest absolute Gasteiger partial charge is 0.272 e. The standard InChI is InChI=1S/C20H25N5O3/c1-20(11-14-4-6-16(20)27-14)19-22-17(23-28-19)13-3-5-15(21-12-13)18(26)25-9-7-24(2)8-10-25/h3,5,12,14,16H,4,6-11H2,1-2H3. The molecule has 3 saturated heterocycles. The summed E-state index contributed by atoms with van der Waals surface area (Å²) in [7, 11) is 2.07. The van der Waals surface area contributed by atoms with Crippen molar-refractivity contribution in [3.05, 3.63) is 29.9 Å². The Labute approximate surface area is 163 Å². The monoisotopic (exact) mass is 383 g/mol. The Bertz CT molecular complexity index is 874. The summed E-state index contributed by atoms with van der Waals surface area (Å²) >= 11 is 0. The lowest BCUT2D eigenvalue weighted by atomic mass is 9.75. The van der Waals surface area contributed by atoms with Crippen LogP contribution in [0.4, 0.5) is 0 Å². The molecule has 3 fully saturated rings. The third kappa shape index (κ3) is 2.91. The lowest BCUT2D eigenvalue weighted by Crippen LogP contribution is -2.47. The molecular formula is C20H25N5O3. The summed E-state index contributed by atoms with van der Waals surface area (Å²) in [6.07, 6.45) is 5.21. The summed E-state index contributed by atoms with van der Waals surface area (Å²) in [5.41, 5.74) is 0.988. The number of carbonyl (C=O) groups excluding carboxylic acids is 1. The van der Waals surface area contributed by atoms with Crippen LogP contribution in [-0.4, -0.2) is 76.3 Å². The first kappa shape index (κ1) is 17.8. The minimum absolute atomic E-state index is 0.0277. The molecule has 8 nitrogen and oxygen atoms in total. The highest BCUT2D eigenvalue weighted by Gasteiger charge is 2.53. The fraction of sp³-hybridized carbons (Fsp3) is 0.600. The maximum atomic E-state index is 12.6. The molecule has 0 spiro atoms. The van der Waals surface area contributed by atoms with Crippen LogP contribution in [0.15, 0.2) is 22.9 Å². The van der Waals surface area contributed by atoms with Crippen molar-refractivity contribution in [2.75, 3.05) is 33.2 Å². The topological polar surface area (TPSA) is 84.6 Å². The van der Waals surface area contributed by atoms with Crippen molar-refractivity contribution in [3.63, 3.8) is 0 Å². The Morgan fingerprint density at radius 3 is 2.68 bits per heavy atom. The maximum Gasteiger partial charge on any atom is 0.272 e. The van der Waals surface area contributed by atoms with E-state index in [1.807, 2.05) is 11.0 Å². The van der Waals surface area contributed by atoms with Crippen LogP contribution < -0.4 is 0 Å². The van der Waals surface area contributed by atoms with Gasteiger partial charge in [0.25, 0.3) is 5.91 Å². The van der Waals surface area contributed by atoms with E-state index in [2.05, 4.69) is 34.0 Å². The molecule has 28 heavy (non-hydrogen) atoms. The molecule has 3 unspecified atom stereocenters. The molecule has 3 aliphatic heterocycles. The Balaban J connectivity index is 1.31. The van der Waals surface area contributed by atoms with Crippen LogP contribution in [0, 0.1) is 0 Å². The predicted octanol–water partition coefficient (Wildman–Crippen LogP) is 1.73. The first-order chi connectivity index (χ1) is 13.5. The molecule has 5 heterocycles. The summed E-state index contributed by atoms with van der Waals surface area (Å²) in [4.78, 5) is 25.7. The van der Waals surface area contributed by atoms with E-state index < -0.39 is 0 Å². The molecule has 5 rings (SSSR count). The second-order valence-electron chi connectivity index (χ2n) is 8.40. The van der Waals surface area contributed by atoms with Gasteiger partial charge in [-0.05, 0) is 45.4 Å². The number of hydrogen-bond donors (Lipinski definition) is 0. The first-order valence-corrected chi connectivity index (χ1v) is 9.97. The zero-order valence-corrected chi connectivity index (χ0v) is 16.3. The SMILES string of the molecule is CN1CCN(C(=O)c2ccc(-c3noc(C4(C)CC5CCC4O5)n3)cn2)CC1. The zero-order chi connectivity index (χ0) is 19.3. The minimum atomic E-state index is -0.209. The molecule has 8 heteroatoms. The van der Waals surface area contributed by atoms with Crippen LogP contribution in [0.1, 0.15) is 42.6 Å². The zero-order valence-electron chi connectivity index (χ0n) is 16.3. The van der Waals surface area contributed by atoms with Gasteiger partial charge in [-0.15, -0.1) is 0 Å². The van der Waals surface area contributed by atoms with E-state index in [-0.39, 0.29) is 17.4 Å². The van der Waals surface area contributed by atoms with E-state index in [0.717, 1.165) is 51.0 Å². The van der Waals surface area contributed by atoms with Gasteiger partial charge >= 0.3 is 0 Å². The largest absolute Gasteiger partial charge is 0.374 e. The summed E-state index contributed by atoms with van der Waals surface area (Å²) in [6.45, 7) is 5.38. The molecule has 3 aliphatic rings. The van der Waals surface area contributed by atoms with Gasteiger partial charge in [0.2, 0.25) is 11.7 Å². The van der Waals surface area contributed by atoms with Gasteiger partial charge in [0.15, 0.2) is 0 Å². The van der Waals surface area contributed by atoms with Crippen LogP contribution in [0.5, 0.6) is 0 Å². The second kappa shape index (κ2) is 6.63. The third-order valence-electron chi connectivity index (χ3n) is 6.42. The van der Waals surface area contributed by atoms with E-state index in [0.29, 0.717) is 23.5 Å². The van der Waals surface area contributed by atoms with Gasteiger partial charge in [-0.25, -0.2) is 0 Å². The van der Waals surface area contributed by atoms with E-state index in [4.69, 9.17) is 9.26 Å². The molecular weight excluding hydrogens is 358 g/mol. The fourth-order valence-corrected chi connectivity index (χ4v) is 4.55. The quantitative estimate of drug-likeness (QED) is 0.798. The molecule has 2 aromatic heterocycles. The van der Waals surface area contributed by atoms with Crippen LogP contribution in [0.25, 0.3) is 11.4 Å². The van der Waals surface area contributed by atoms with Gasteiger partial charge in [0, 0.05) is 37.9 Å². The number of rotatable bonds is 3. The van der Waals surface area contributed by atoms with E-state index >= 15 is 0 Å². The Morgan fingerprint density at radius 1 is 1.21 bits per heavy atom. The number of hydrogen-bond acceptors (Lipinski definition) is 7. The van der Waals surface area contributed by atoms with Gasteiger partial charge in [0.1, 0.15) is 5.69 Å². The van der Waals surface area contributed by atoms with Crippen molar-refractivity contribution >= 4 is 5.91 Å². The van der Waals surface area contributed by atoms with Crippen molar-refractivity contribution in [2.24, 2.45) is 0 Å². The van der Waals surface area contributed by atoms with Crippen LogP contribution in [0.3, 0.4) is 0 Å². The fourth-order valence-electron chi connectivity index (χ4n) is 4.55. The van der Waals surface area contributed by atoms with Gasteiger partial charge < -0.3 is 19.1 Å². The van der Waals surface area contributed by atoms with Gasteiger partial charge in [-0.1, -0.05) is 5.16 Å². The summed E-state index contributed by atoms with van der Waals surface area (Å²) in [6, 6.07) is 3.58. The van der Waals surface area contributed by atoms with Crippen molar-refractivity contribution in [2.45, 2.75) is 43.8 Å². The van der Waals surface area contributed by atoms with Gasteiger partial charge in [-0.3, -0.25) is 9.78 Å². The molecule has 0 saturated carbocycles. The first-order valence-electron chi connectivity index (χ1n) is 9.97. The molecule has 2 bridgehead atoms. The average molecular weight is 383 g/mol. The minimum Gasteiger partial charge on any atom is -0.374 e. The summed E-state index contributed by atoms with van der Waals surface area (Å²) in [5.74, 6) is 1.11. The number of likely N-dealkylation sites (N-methyl/N-ethyl adjacent to an activating group) is 1. The van der Waals surface area contributed by atoms with Crippen molar-refractivity contribution in [1.82, 2.24) is 24.9 Å². The van der Waals surface area contributed by atoms with E-state index in [1.165, 1.54) is 0 Å². The highest BCUT2D eigenvalue weighted by molar-refractivity contribution is 5.92. The Kier molecular flexibility index (Phi) is 4.21. The molecule has 0 N–H and O–H groups in total. The molecule has 148 valence electrons. The van der Waals surface area contributed by atoms with Crippen molar-refractivity contribution in [3.8, 4) is 11.4 Å². The van der Waals surface area contributed by atoms with E-state index in [9.17, 15) is 4.79 Å². The highest BCUT2D eigenvalue weighted by atomic mass is 16.5. The summed E-state index contributed by atoms with van der Waals surface area (Å²) in [5, 5.41) is 4.15.